The fourth-order valence-electron chi connectivity index (χ4n) is 1.89. The van der Waals surface area contributed by atoms with Gasteiger partial charge in [0.25, 0.3) is 0 Å². The quantitative estimate of drug-likeness (QED) is 0.796. The molecule has 6 heteroatoms. The number of carbonyl (C=O) groups is 1. The van der Waals surface area contributed by atoms with E-state index in [1.807, 2.05) is 0 Å². The topological polar surface area (TPSA) is 54.5 Å². The maximum Gasteiger partial charge on any atom is 0.243 e. The summed E-state index contributed by atoms with van der Waals surface area (Å²) in [6, 6.07) is 6.58. The van der Waals surface area contributed by atoms with Crippen LogP contribution in [0.2, 0.25) is 0 Å². The summed E-state index contributed by atoms with van der Waals surface area (Å²) in [7, 11) is -3.43. The summed E-state index contributed by atoms with van der Waals surface area (Å²) >= 11 is 3.27. The van der Waals surface area contributed by atoms with Crippen molar-refractivity contribution in [1.82, 2.24) is 4.31 Å². The molecule has 97 valence electrons. The van der Waals surface area contributed by atoms with Gasteiger partial charge in [0.1, 0.15) is 6.29 Å². The predicted octanol–water partition coefficient (Wildman–Crippen LogP) is 2.01. The number of hydrogen-bond acceptors (Lipinski definition) is 3. The second-order valence-electron chi connectivity index (χ2n) is 4.13. The lowest BCUT2D eigenvalue weighted by Crippen LogP contribution is -2.38. The molecule has 0 unspecified atom stereocenters. The average molecular weight is 331 g/mol. The minimum absolute atomic E-state index is 0.292. The lowest BCUT2D eigenvalue weighted by atomic mass is 10.0. The minimum atomic E-state index is -3.43. The van der Waals surface area contributed by atoms with E-state index in [0.29, 0.717) is 30.8 Å². The Morgan fingerprint density at radius 2 is 1.67 bits per heavy atom. The molecule has 0 aromatic heterocycles. The summed E-state index contributed by atoms with van der Waals surface area (Å²) in [6.07, 6.45) is 1.89. The van der Waals surface area contributed by atoms with Crippen molar-refractivity contribution in [3.63, 3.8) is 0 Å². The largest absolute Gasteiger partial charge is 0.303 e. The Morgan fingerprint density at radius 1 is 1.11 bits per heavy atom. The normalized spacial score (nSPS) is 18.7. The van der Waals surface area contributed by atoms with Gasteiger partial charge in [0.2, 0.25) is 10.0 Å². The maximum atomic E-state index is 12.3. The zero-order valence-electron chi connectivity index (χ0n) is 9.67. The maximum absolute atomic E-state index is 12.3. The molecule has 0 spiro atoms. The van der Waals surface area contributed by atoms with Crippen molar-refractivity contribution in [2.45, 2.75) is 17.7 Å². The van der Waals surface area contributed by atoms with Crippen molar-refractivity contribution in [2.75, 3.05) is 13.1 Å². The number of aldehydes is 1. The van der Waals surface area contributed by atoms with Crippen LogP contribution in [0.25, 0.3) is 0 Å². The van der Waals surface area contributed by atoms with E-state index in [2.05, 4.69) is 15.9 Å². The van der Waals surface area contributed by atoms with E-state index in [1.54, 1.807) is 24.3 Å². The molecule has 1 aromatic carbocycles. The molecule has 0 aliphatic carbocycles. The van der Waals surface area contributed by atoms with Crippen LogP contribution in [-0.2, 0) is 14.8 Å². The molecular formula is C12H13BrNO3S. The van der Waals surface area contributed by atoms with Crippen molar-refractivity contribution >= 4 is 32.2 Å². The molecule has 4 nitrogen and oxygen atoms in total. The third kappa shape index (κ3) is 2.81. The van der Waals surface area contributed by atoms with Gasteiger partial charge in [-0.15, -0.1) is 0 Å². The standard InChI is InChI=1S/C12H13BrNO3S/c13-11-1-3-12(4-2-11)18(16,17)14-7-5-10(9-15)6-8-14/h1-4,9H,5-8H2. The fourth-order valence-corrected chi connectivity index (χ4v) is 3.59. The van der Waals surface area contributed by atoms with Gasteiger partial charge in [0, 0.05) is 23.5 Å². The zero-order chi connectivity index (χ0) is 13.2. The first-order valence-electron chi connectivity index (χ1n) is 5.59. The first kappa shape index (κ1) is 13.7. The van der Waals surface area contributed by atoms with Crippen LogP contribution in [0.15, 0.2) is 33.6 Å². The molecule has 1 fully saturated rings. The van der Waals surface area contributed by atoms with Gasteiger partial charge in [-0.2, -0.15) is 4.31 Å². The van der Waals surface area contributed by atoms with E-state index >= 15 is 0 Å². The van der Waals surface area contributed by atoms with Gasteiger partial charge in [-0.25, -0.2) is 8.42 Å². The Kier molecular flexibility index (Phi) is 4.19. The van der Waals surface area contributed by atoms with Crippen LogP contribution in [0.5, 0.6) is 0 Å². The van der Waals surface area contributed by atoms with Crippen molar-refractivity contribution in [3.05, 3.63) is 34.7 Å². The zero-order valence-corrected chi connectivity index (χ0v) is 12.1. The van der Waals surface area contributed by atoms with E-state index < -0.39 is 10.0 Å². The second-order valence-corrected chi connectivity index (χ2v) is 6.99. The minimum Gasteiger partial charge on any atom is -0.303 e. The Hall–Kier alpha value is -0.720. The number of benzene rings is 1. The Morgan fingerprint density at radius 3 is 2.17 bits per heavy atom. The lowest BCUT2D eigenvalue weighted by molar-refractivity contribution is -0.107. The molecule has 1 saturated heterocycles. The molecule has 0 saturated carbocycles. The molecule has 18 heavy (non-hydrogen) atoms. The summed E-state index contributed by atoms with van der Waals surface area (Å²) in [6.45, 7) is 0.763. The second kappa shape index (κ2) is 5.50. The molecule has 2 rings (SSSR count). The van der Waals surface area contributed by atoms with Crippen LogP contribution in [0.1, 0.15) is 12.8 Å². The van der Waals surface area contributed by atoms with Gasteiger partial charge >= 0.3 is 0 Å². The van der Waals surface area contributed by atoms with E-state index in [4.69, 9.17) is 0 Å². The van der Waals surface area contributed by atoms with Crippen molar-refractivity contribution in [2.24, 2.45) is 0 Å². The highest BCUT2D eigenvalue weighted by atomic mass is 79.9. The third-order valence-electron chi connectivity index (χ3n) is 2.98. The molecular weight excluding hydrogens is 318 g/mol. The lowest BCUT2D eigenvalue weighted by Gasteiger charge is -2.28. The van der Waals surface area contributed by atoms with E-state index in [-0.39, 0.29) is 0 Å². The monoisotopic (exact) mass is 330 g/mol. The molecule has 1 aliphatic rings. The Bertz CT molecular complexity index is 519. The fraction of sp³-hybridized carbons (Fsp3) is 0.333. The van der Waals surface area contributed by atoms with Crippen LogP contribution < -0.4 is 0 Å². The van der Waals surface area contributed by atoms with Gasteiger partial charge in [-0.05, 0) is 37.1 Å². The van der Waals surface area contributed by atoms with Gasteiger partial charge in [-0.1, -0.05) is 15.9 Å². The third-order valence-corrected chi connectivity index (χ3v) is 5.42. The number of halogens is 1. The number of carbonyl (C=O) groups excluding carboxylic acids is 1. The smallest absolute Gasteiger partial charge is 0.243 e. The first-order valence-corrected chi connectivity index (χ1v) is 7.83. The molecule has 0 amide bonds. The number of sulfonamides is 1. The van der Waals surface area contributed by atoms with Gasteiger partial charge in [0.15, 0.2) is 0 Å². The average Bonchev–Trinajstić information content (AvgIpc) is 2.39. The molecule has 1 aromatic rings. The van der Waals surface area contributed by atoms with E-state index in [1.165, 1.54) is 4.31 Å². The van der Waals surface area contributed by atoms with Gasteiger partial charge in [0.05, 0.1) is 4.90 Å². The molecule has 1 heterocycles. The van der Waals surface area contributed by atoms with Crippen molar-refractivity contribution in [1.29, 1.82) is 0 Å². The molecule has 1 radical (unpaired) electrons. The number of hydrogen-bond donors (Lipinski definition) is 0. The van der Waals surface area contributed by atoms with Crippen LogP contribution in [0.4, 0.5) is 0 Å². The number of rotatable bonds is 3. The number of piperidine rings is 1. The highest BCUT2D eigenvalue weighted by molar-refractivity contribution is 9.10. The van der Waals surface area contributed by atoms with E-state index in [9.17, 15) is 13.2 Å². The van der Waals surface area contributed by atoms with Crippen LogP contribution >= 0.6 is 15.9 Å². The van der Waals surface area contributed by atoms with Crippen LogP contribution in [-0.4, -0.2) is 32.1 Å². The Labute approximate surface area is 115 Å². The molecule has 0 N–H and O–H groups in total. The highest BCUT2D eigenvalue weighted by Crippen LogP contribution is 2.24. The van der Waals surface area contributed by atoms with Gasteiger partial charge in [-0.3, -0.25) is 0 Å². The summed E-state index contributed by atoms with van der Waals surface area (Å²) < 4.78 is 26.9. The number of nitrogens with zero attached hydrogens (tertiary/aromatic N) is 1. The summed E-state index contributed by atoms with van der Waals surface area (Å²) in [5, 5.41) is 0. The van der Waals surface area contributed by atoms with E-state index in [0.717, 1.165) is 16.7 Å². The summed E-state index contributed by atoms with van der Waals surface area (Å²) in [5.74, 6) is 0.789. The molecule has 0 atom stereocenters. The van der Waals surface area contributed by atoms with Crippen molar-refractivity contribution in [3.8, 4) is 0 Å². The first-order chi connectivity index (χ1) is 8.54. The summed E-state index contributed by atoms with van der Waals surface area (Å²) in [4.78, 5) is 10.9. The Balaban J connectivity index is 2.17. The van der Waals surface area contributed by atoms with Crippen LogP contribution in [0, 0.1) is 5.92 Å². The summed E-state index contributed by atoms with van der Waals surface area (Å²) in [5.41, 5.74) is 0. The predicted molar refractivity (Wildman–Crippen MR) is 71.4 cm³/mol. The SMILES string of the molecule is O=C[C]1CCN(S(=O)(=O)c2ccc(Br)cc2)CC1. The van der Waals surface area contributed by atoms with Gasteiger partial charge < -0.3 is 4.79 Å². The molecule has 1 aliphatic heterocycles. The highest BCUT2D eigenvalue weighted by Gasteiger charge is 2.29. The van der Waals surface area contributed by atoms with Crippen molar-refractivity contribution < 1.29 is 13.2 Å². The molecule has 0 bridgehead atoms. The van der Waals surface area contributed by atoms with Crippen LogP contribution in [0.3, 0.4) is 0 Å².